The van der Waals surface area contributed by atoms with E-state index in [1.165, 1.54) is 17.7 Å². The third-order valence-corrected chi connectivity index (χ3v) is 5.17. The SMILES string of the molecule is CC(=O)OCCN1CCN(C(=C=O)n2c(=O)sc3ncc(Cl)cc32)CC1. The van der Waals surface area contributed by atoms with E-state index in [2.05, 4.69) is 9.88 Å². The maximum atomic E-state index is 12.4. The third-order valence-electron chi connectivity index (χ3n) is 4.09. The number of rotatable bonds is 5. The van der Waals surface area contributed by atoms with Gasteiger partial charge in [-0.1, -0.05) is 22.9 Å². The number of hydrogen-bond donors (Lipinski definition) is 0. The first-order valence-electron chi connectivity index (χ1n) is 8.03. The van der Waals surface area contributed by atoms with Gasteiger partial charge in [0.25, 0.3) is 0 Å². The van der Waals surface area contributed by atoms with Crippen molar-refractivity contribution in [1.29, 1.82) is 0 Å². The van der Waals surface area contributed by atoms with Crippen molar-refractivity contribution in [2.75, 3.05) is 39.3 Å². The van der Waals surface area contributed by atoms with Crippen molar-refractivity contribution < 1.29 is 14.3 Å². The number of piperazine rings is 1. The number of nitrogens with zero attached hydrogens (tertiary/aromatic N) is 4. The van der Waals surface area contributed by atoms with E-state index in [1.54, 1.807) is 6.07 Å². The fourth-order valence-corrected chi connectivity index (χ4v) is 3.79. The smallest absolute Gasteiger partial charge is 0.315 e. The first-order valence-corrected chi connectivity index (χ1v) is 9.22. The van der Waals surface area contributed by atoms with Crippen LogP contribution in [-0.2, 0) is 14.3 Å². The van der Waals surface area contributed by atoms with Gasteiger partial charge in [-0.05, 0) is 6.07 Å². The van der Waals surface area contributed by atoms with Crippen molar-refractivity contribution in [3.05, 3.63) is 27.0 Å². The molecule has 26 heavy (non-hydrogen) atoms. The predicted octanol–water partition coefficient (Wildman–Crippen LogP) is 0.922. The van der Waals surface area contributed by atoms with Crippen LogP contribution in [0.5, 0.6) is 0 Å². The number of esters is 1. The molecular formula is C16H17ClN4O4S. The molecule has 0 saturated carbocycles. The standard InChI is InChI=1S/C16H17ClN4O4S/c1-11(23)25-7-6-19-2-4-20(5-3-19)14(10-22)21-13-8-12(17)9-18-15(13)26-16(21)24/h8-9H,2-7H2,1H3. The highest BCUT2D eigenvalue weighted by Gasteiger charge is 2.23. The summed E-state index contributed by atoms with van der Waals surface area (Å²) in [7, 11) is 0. The van der Waals surface area contributed by atoms with Gasteiger partial charge in [0.05, 0.1) is 10.5 Å². The zero-order chi connectivity index (χ0) is 18.7. The molecule has 0 bridgehead atoms. The van der Waals surface area contributed by atoms with Crippen LogP contribution in [0.3, 0.4) is 0 Å². The summed E-state index contributed by atoms with van der Waals surface area (Å²) in [6.07, 6.45) is 1.47. The first-order chi connectivity index (χ1) is 12.5. The van der Waals surface area contributed by atoms with Gasteiger partial charge in [-0.3, -0.25) is 14.5 Å². The number of halogens is 1. The topological polar surface area (TPSA) is 84.7 Å². The maximum Gasteiger partial charge on any atom is 0.315 e. The van der Waals surface area contributed by atoms with E-state index in [4.69, 9.17) is 16.3 Å². The van der Waals surface area contributed by atoms with Gasteiger partial charge in [0.1, 0.15) is 11.4 Å². The van der Waals surface area contributed by atoms with E-state index < -0.39 is 0 Å². The second-order valence-electron chi connectivity index (χ2n) is 5.78. The van der Waals surface area contributed by atoms with Gasteiger partial charge < -0.3 is 9.64 Å². The van der Waals surface area contributed by atoms with Crippen molar-refractivity contribution in [2.24, 2.45) is 0 Å². The molecule has 0 spiro atoms. The van der Waals surface area contributed by atoms with Crippen LogP contribution >= 0.6 is 22.9 Å². The maximum absolute atomic E-state index is 12.4. The second-order valence-corrected chi connectivity index (χ2v) is 7.15. The van der Waals surface area contributed by atoms with Crippen LogP contribution in [0.25, 0.3) is 16.2 Å². The molecule has 1 fully saturated rings. The lowest BCUT2D eigenvalue weighted by molar-refractivity contribution is -0.141. The van der Waals surface area contributed by atoms with E-state index in [0.717, 1.165) is 11.3 Å². The highest BCUT2D eigenvalue weighted by Crippen LogP contribution is 2.22. The van der Waals surface area contributed by atoms with Gasteiger partial charge in [0.2, 0.25) is 5.82 Å². The summed E-state index contributed by atoms with van der Waals surface area (Å²) in [6, 6.07) is 1.62. The first kappa shape index (κ1) is 18.6. The fourth-order valence-electron chi connectivity index (χ4n) is 2.84. The normalized spacial score (nSPS) is 15.1. The Hall–Kier alpha value is -2.19. The lowest BCUT2D eigenvalue weighted by Crippen LogP contribution is -2.47. The molecule has 1 aliphatic rings. The van der Waals surface area contributed by atoms with Crippen LogP contribution in [0.1, 0.15) is 6.92 Å². The Labute approximate surface area is 158 Å². The number of carbonyl (C=O) groups is 1. The minimum atomic E-state index is -0.301. The van der Waals surface area contributed by atoms with E-state index in [0.29, 0.717) is 54.7 Å². The molecule has 138 valence electrons. The summed E-state index contributed by atoms with van der Waals surface area (Å²) in [5, 5.41) is 0.393. The van der Waals surface area contributed by atoms with Gasteiger partial charge in [0.15, 0.2) is 5.94 Å². The number of ether oxygens (including phenoxy) is 1. The summed E-state index contributed by atoms with van der Waals surface area (Å²) in [6.45, 7) is 4.83. The van der Waals surface area contributed by atoms with Crippen LogP contribution in [0, 0.1) is 0 Å². The van der Waals surface area contributed by atoms with Crippen molar-refractivity contribution >= 4 is 51.0 Å². The zero-order valence-corrected chi connectivity index (χ0v) is 15.7. The van der Waals surface area contributed by atoms with E-state index >= 15 is 0 Å². The van der Waals surface area contributed by atoms with E-state index in [1.807, 2.05) is 10.8 Å². The Kier molecular flexibility index (Phi) is 5.73. The van der Waals surface area contributed by atoms with Gasteiger partial charge >= 0.3 is 10.8 Å². The van der Waals surface area contributed by atoms with Crippen LogP contribution in [0.4, 0.5) is 0 Å². The van der Waals surface area contributed by atoms with Gasteiger partial charge in [-0.15, -0.1) is 0 Å². The number of pyridine rings is 1. The molecule has 0 radical (unpaired) electrons. The monoisotopic (exact) mass is 396 g/mol. The zero-order valence-electron chi connectivity index (χ0n) is 14.1. The quantitative estimate of drug-likeness (QED) is 0.548. The molecule has 0 amide bonds. The summed E-state index contributed by atoms with van der Waals surface area (Å²) in [5.41, 5.74) is 0.503. The Balaban J connectivity index is 1.75. The summed E-state index contributed by atoms with van der Waals surface area (Å²) in [5.74, 6) is 1.77. The molecule has 2 aromatic heterocycles. The molecule has 3 rings (SSSR count). The van der Waals surface area contributed by atoms with Crippen LogP contribution in [-0.4, -0.2) is 70.6 Å². The molecule has 0 aromatic carbocycles. The minimum absolute atomic E-state index is 0.171. The Morgan fingerprint density at radius 3 is 2.77 bits per heavy atom. The Bertz CT molecular complexity index is 926. The summed E-state index contributed by atoms with van der Waals surface area (Å²) < 4.78 is 6.27. The third kappa shape index (κ3) is 3.96. The highest BCUT2D eigenvalue weighted by atomic mass is 35.5. The number of thiazole rings is 1. The number of carbonyl (C=O) groups excluding carboxylic acids is 2. The largest absolute Gasteiger partial charge is 0.465 e. The molecule has 8 nitrogen and oxygen atoms in total. The average Bonchev–Trinajstić information content (AvgIpc) is 2.92. The van der Waals surface area contributed by atoms with Gasteiger partial charge in [0, 0.05) is 45.8 Å². The van der Waals surface area contributed by atoms with Crippen molar-refractivity contribution in [1.82, 2.24) is 19.4 Å². The number of fused-ring (bicyclic) bond motifs is 1. The Morgan fingerprint density at radius 1 is 1.38 bits per heavy atom. The molecule has 3 heterocycles. The molecule has 0 aliphatic carbocycles. The minimum Gasteiger partial charge on any atom is -0.465 e. The number of hydrogen-bond acceptors (Lipinski definition) is 8. The fraction of sp³-hybridized carbons (Fsp3) is 0.438. The average molecular weight is 397 g/mol. The van der Waals surface area contributed by atoms with Gasteiger partial charge in [-0.25, -0.2) is 14.3 Å². The van der Waals surface area contributed by atoms with Crippen molar-refractivity contribution in [3.8, 4) is 0 Å². The van der Waals surface area contributed by atoms with Crippen LogP contribution in [0.2, 0.25) is 5.02 Å². The summed E-state index contributed by atoms with van der Waals surface area (Å²) >= 11 is 6.95. The van der Waals surface area contributed by atoms with E-state index in [9.17, 15) is 14.4 Å². The predicted molar refractivity (Wildman–Crippen MR) is 98.9 cm³/mol. The Morgan fingerprint density at radius 2 is 2.12 bits per heavy atom. The molecule has 1 saturated heterocycles. The second kappa shape index (κ2) is 8.01. The van der Waals surface area contributed by atoms with Gasteiger partial charge in [-0.2, -0.15) is 0 Å². The van der Waals surface area contributed by atoms with E-state index in [-0.39, 0.29) is 16.7 Å². The lowest BCUT2D eigenvalue weighted by atomic mass is 10.3. The molecule has 10 heteroatoms. The number of aromatic nitrogens is 2. The molecule has 0 unspecified atom stereocenters. The molecular weight excluding hydrogens is 380 g/mol. The molecule has 1 aliphatic heterocycles. The molecule has 2 aromatic rings. The molecule has 0 atom stereocenters. The van der Waals surface area contributed by atoms with Crippen molar-refractivity contribution in [3.63, 3.8) is 0 Å². The summed E-state index contributed by atoms with van der Waals surface area (Å²) in [4.78, 5) is 43.1. The van der Waals surface area contributed by atoms with Crippen LogP contribution < -0.4 is 4.87 Å². The van der Waals surface area contributed by atoms with Crippen LogP contribution in [0.15, 0.2) is 17.1 Å². The lowest BCUT2D eigenvalue weighted by Gasteiger charge is -2.35. The molecule has 0 N–H and O–H groups in total. The van der Waals surface area contributed by atoms with Crippen molar-refractivity contribution in [2.45, 2.75) is 6.92 Å². The highest BCUT2D eigenvalue weighted by molar-refractivity contribution is 7.16.